The van der Waals surface area contributed by atoms with Crippen LogP contribution in [0.5, 0.6) is 11.5 Å². The van der Waals surface area contributed by atoms with Gasteiger partial charge in [-0.1, -0.05) is 19.3 Å². The van der Waals surface area contributed by atoms with Gasteiger partial charge in [0.1, 0.15) is 22.7 Å². The van der Waals surface area contributed by atoms with Gasteiger partial charge in [0.05, 0.1) is 33.1 Å². The van der Waals surface area contributed by atoms with E-state index in [-0.39, 0.29) is 36.5 Å². The van der Waals surface area contributed by atoms with E-state index in [0.29, 0.717) is 17.2 Å². The highest BCUT2D eigenvalue weighted by molar-refractivity contribution is 6.12. The Balaban J connectivity index is 1.79. The lowest BCUT2D eigenvalue weighted by molar-refractivity contribution is -0.127. The molecule has 1 aromatic heterocycles. The third-order valence-electron chi connectivity index (χ3n) is 6.66. The first-order valence-corrected chi connectivity index (χ1v) is 11.9. The molecule has 1 atom stereocenters. The Labute approximate surface area is 204 Å². The number of nitrogens with one attached hydrogen (secondary N) is 1. The number of anilines is 1. The second-order valence-corrected chi connectivity index (χ2v) is 9.09. The number of benzene rings is 1. The summed E-state index contributed by atoms with van der Waals surface area (Å²) in [6, 6.07) is 6.53. The standard InChI is InChI=1S/C25H32N4O6/c1-5-35-23(31)20-14-21-22(30)29(17-11-18(33-3)13-19(12-17)34-4)25(2,15-28(21)27-20)24(32)26-16-9-7-6-8-10-16/h11-14,16H,5-10,15H2,1-4H3,(H,26,32)/t25-/m1/s1. The summed E-state index contributed by atoms with van der Waals surface area (Å²) in [4.78, 5) is 41.4. The molecule has 10 heteroatoms. The smallest absolute Gasteiger partial charge is 0.358 e. The minimum absolute atomic E-state index is 0.0234. The van der Waals surface area contributed by atoms with Crippen molar-refractivity contribution in [1.29, 1.82) is 0 Å². The number of aromatic nitrogens is 2. The molecule has 10 nitrogen and oxygen atoms in total. The monoisotopic (exact) mass is 484 g/mol. The van der Waals surface area contributed by atoms with E-state index in [2.05, 4.69) is 10.4 Å². The van der Waals surface area contributed by atoms with Gasteiger partial charge in [-0.2, -0.15) is 5.10 Å². The summed E-state index contributed by atoms with van der Waals surface area (Å²) in [7, 11) is 3.04. The largest absolute Gasteiger partial charge is 0.497 e. The molecule has 0 saturated heterocycles. The summed E-state index contributed by atoms with van der Waals surface area (Å²) in [6.07, 6.45) is 5.09. The topological polar surface area (TPSA) is 112 Å². The average Bonchev–Trinajstić information content (AvgIpc) is 3.28. The maximum absolute atomic E-state index is 13.9. The van der Waals surface area contributed by atoms with Gasteiger partial charge in [0.15, 0.2) is 5.69 Å². The fourth-order valence-corrected chi connectivity index (χ4v) is 4.80. The number of esters is 1. The van der Waals surface area contributed by atoms with Gasteiger partial charge in [0.2, 0.25) is 5.91 Å². The van der Waals surface area contributed by atoms with Crippen molar-refractivity contribution in [2.24, 2.45) is 0 Å². The first-order valence-electron chi connectivity index (χ1n) is 11.9. The molecule has 2 aromatic rings. The maximum Gasteiger partial charge on any atom is 0.358 e. The van der Waals surface area contributed by atoms with Crippen LogP contribution in [0.4, 0.5) is 5.69 Å². The zero-order valence-electron chi connectivity index (χ0n) is 20.6. The summed E-state index contributed by atoms with van der Waals surface area (Å²) >= 11 is 0. The number of ether oxygens (including phenoxy) is 3. The van der Waals surface area contributed by atoms with E-state index < -0.39 is 17.4 Å². The van der Waals surface area contributed by atoms with Crippen LogP contribution < -0.4 is 19.7 Å². The van der Waals surface area contributed by atoms with Crippen LogP contribution in [-0.2, 0) is 16.1 Å². The summed E-state index contributed by atoms with van der Waals surface area (Å²) in [5, 5.41) is 7.46. The van der Waals surface area contributed by atoms with Gasteiger partial charge in [0, 0.05) is 30.3 Å². The SMILES string of the molecule is CCOC(=O)c1cc2n(n1)C[C@](C)(C(=O)NC1CCCCC1)N(c1cc(OC)cc(OC)c1)C2=O. The second kappa shape index (κ2) is 9.97. The van der Waals surface area contributed by atoms with E-state index in [1.165, 1.54) is 29.9 Å². The molecule has 1 aromatic carbocycles. The molecule has 0 bridgehead atoms. The van der Waals surface area contributed by atoms with E-state index in [1.807, 2.05) is 0 Å². The third-order valence-corrected chi connectivity index (χ3v) is 6.66. The number of nitrogens with zero attached hydrogens (tertiary/aromatic N) is 3. The van der Waals surface area contributed by atoms with Crippen molar-refractivity contribution in [1.82, 2.24) is 15.1 Å². The van der Waals surface area contributed by atoms with Crippen molar-refractivity contribution in [2.45, 2.75) is 64.1 Å². The van der Waals surface area contributed by atoms with Gasteiger partial charge >= 0.3 is 5.97 Å². The van der Waals surface area contributed by atoms with Crippen LogP contribution in [0, 0.1) is 0 Å². The van der Waals surface area contributed by atoms with Gasteiger partial charge in [-0.15, -0.1) is 0 Å². The van der Waals surface area contributed by atoms with Crippen molar-refractivity contribution in [2.75, 3.05) is 25.7 Å². The molecule has 35 heavy (non-hydrogen) atoms. The first kappa shape index (κ1) is 24.6. The molecule has 2 aliphatic rings. The zero-order chi connectivity index (χ0) is 25.2. The molecule has 1 aliphatic carbocycles. The normalized spacial score (nSPS) is 20.2. The van der Waals surface area contributed by atoms with Gasteiger partial charge in [-0.05, 0) is 26.7 Å². The van der Waals surface area contributed by atoms with Crippen LogP contribution in [0.1, 0.15) is 66.9 Å². The molecule has 0 spiro atoms. The summed E-state index contributed by atoms with van der Waals surface area (Å²) in [6.45, 7) is 3.66. The van der Waals surface area contributed by atoms with E-state index in [0.717, 1.165) is 32.1 Å². The van der Waals surface area contributed by atoms with E-state index >= 15 is 0 Å². The number of hydrogen-bond donors (Lipinski definition) is 1. The number of carbonyl (C=O) groups excluding carboxylic acids is 3. The molecule has 0 unspecified atom stereocenters. The molecule has 1 saturated carbocycles. The van der Waals surface area contributed by atoms with Crippen molar-refractivity contribution < 1.29 is 28.6 Å². The summed E-state index contributed by atoms with van der Waals surface area (Å²) < 4.78 is 17.3. The highest BCUT2D eigenvalue weighted by Gasteiger charge is 2.49. The van der Waals surface area contributed by atoms with Gasteiger partial charge in [-0.25, -0.2) is 4.79 Å². The Morgan fingerprint density at radius 1 is 1.09 bits per heavy atom. The fraction of sp³-hybridized carbons (Fsp3) is 0.520. The Kier molecular flexibility index (Phi) is 7.00. The van der Waals surface area contributed by atoms with Crippen LogP contribution in [0.3, 0.4) is 0 Å². The Morgan fingerprint density at radius 3 is 2.34 bits per heavy atom. The molecule has 0 radical (unpaired) electrons. The van der Waals surface area contributed by atoms with Gasteiger partial charge in [-0.3, -0.25) is 19.2 Å². The van der Waals surface area contributed by atoms with Crippen LogP contribution in [0.15, 0.2) is 24.3 Å². The summed E-state index contributed by atoms with van der Waals surface area (Å²) in [5.41, 5.74) is -0.664. The van der Waals surface area contributed by atoms with E-state index in [4.69, 9.17) is 14.2 Å². The molecule has 1 N–H and O–H groups in total. The van der Waals surface area contributed by atoms with Crippen LogP contribution in [-0.4, -0.2) is 60.0 Å². The average molecular weight is 485 g/mol. The highest BCUT2D eigenvalue weighted by atomic mass is 16.5. The first-order chi connectivity index (χ1) is 16.8. The fourth-order valence-electron chi connectivity index (χ4n) is 4.80. The Bertz CT molecular complexity index is 1100. The minimum Gasteiger partial charge on any atom is -0.497 e. The number of amides is 2. The Hall–Kier alpha value is -3.56. The molecular weight excluding hydrogens is 452 g/mol. The lowest BCUT2D eigenvalue weighted by Gasteiger charge is -2.44. The van der Waals surface area contributed by atoms with Crippen molar-refractivity contribution in [3.63, 3.8) is 0 Å². The summed E-state index contributed by atoms with van der Waals surface area (Å²) in [5.74, 6) is -0.401. The van der Waals surface area contributed by atoms with Crippen LogP contribution >= 0.6 is 0 Å². The molecule has 4 rings (SSSR count). The lowest BCUT2D eigenvalue weighted by atomic mass is 9.91. The van der Waals surface area contributed by atoms with Crippen LogP contribution in [0.25, 0.3) is 0 Å². The second-order valence-electron chi connectivity index (χ2n) is 9.09. The quantitative estimate of drug-likeness (QED) is 0.602. The number of rotatable bonds is 7. The molecule has 1 aliphatic heterocycles. The van der Waals surface area contributed by atoms with Crippen molar-refractivity contribution >= 4 is 23.5 Å². The van der Waals surface area contributed by atoms with Gasteiger partial charge in [0.25, 0.3) is 5.91 Å². The third kappa shape index (κ3) is 4.69. The lowest BCUT2D eigenvalue weighted by Crippen LogP contribution is -2.65. The van der Waals surface area contributed by atoms with Crippen molar-refractivity contribution in [3.8, 4) is 11.5 Å². The number of methoxy groups -OCH3 is 2. The maximum atomic E-state index is 13.9. The molecule has 2 heterocycles. The number of carbonyl (C=O) groups is 3. The predicted octanol–water partition coefficient (Wildman–Crippen LogP) is 2.95. The molecule has 1 fully saturated rings. The minimum atomic E-state index is -1.32. The zero-order valence-corrected chi connectivity index (χ0v) is 20.6. The number of hydrogen-bond acceptors (Lipinski definition) is 7. The van der Waals surface area contributed by atoms with E-state index in [1.54, 1.807) is 32.0 Å². The highest BCUT2D eigenvalue weighted by Crippen LogP contribution is 2.37. The molecule has 188 valence electrons. The number of fused-ring (bicyclic) bond motifs is 1. The molecule has 2 amide bonds. The van der Waals surface area contributed by atoms with Crippen molar-refractivity contribution in [3.05, 3.63) is 35.7 Å². The van der Waals surface area contributed by atoms with Gasteiger partial charge < -0.3 is 19.5 Å². The molecular formula is C25H32N4O6. The van der Waals surface area contributed by atoms with Crippen LogP contribution in [0.2, 0.25) is 0 Å². The Morgan fingerprint density at radius 2 is 1.74 bits per heavy atom. The van der Waals surface area contributed by atoms with E-state index in [9.17, 15) is 14.4 Å². The predicted molar refractivity (Wildman–Crippen MR) is 128 cm³/mol.